The lowest BCUT2D eigenvalue weighted by Gasteiger charge is -2.10. The molecule has 0 fully saturated rings. The molecule has 0 bridgehead atoms. The van der Waals surface area contributed by atoms with Crippen molar-refractivity contribution < 1.29 is 4.74 Å². The van der Waals surface area contributed by atoms with Gasteiger partial charge < -0.3 is 15.8 Å². The summed E-state index contributed by atoms with van der Waals surface area (Å²) in [6.07, 6.45) is 0.163. The number of anilines is 2. The van der Waals surface area contributed by atoms with Crippen LogP contribution >= 0.6 is 0 Å². The molecule has 0 radical (unpaired) electrons. The van der Waals surface area contributed by atoms with Crippen molar-refractivity contribution in [1.29, 1.82) is 0 Å². The highest BCUT2D eigenvalue weighted by atomic mass is 16.5. The Morgan fingerprint density at radius 1 is 1.16 bits per heavy atom. The fraction of sp³-hybridized carbons (Fsp3) is 0.286. The maximum atomic E-state index is 5.68. The molecule has 19 heavy (non-hydrogen) atoms. The molecule has 0 aliphatic carbocycles. The number of ether oxygens (including phenoxy) is 1. The van der Waals surface area contributed by atoms with Crippen LogP contribution in [0.25, 0.3) is 11.3 Å². The molecule has 1 aromatic carbocycles. The Labute approximate surface area is 112 Å². The summed E-state index contributed by atoms with van der Waals surface area (Å²) < 4.78 is 5.60. The van der Waals surface area contributed by atoms with Crippen LogP contribution in [-0.2, 0) is 0 Å². The monoisotopic (exact) mass is 258 g/mol. The average molecular weight is 258 g/mol. The summed E-state index contributed by atoms with van der Waals surface area (Å²) in [5, 5.41) is 2.96. The first-order valence-electron chi connectivity index (χ1n) is 6.18. The predicted molar refractivity (Wildman–Crippen MR) is 77.2 cm³/mol. The van der Waals surface area contributed by atoms with E-state index >= 15 is 0 Å². The molecule has 100 valence electrons. The molecule has 0 atom stereocenters. The van der Waals surface area contributed by atoms with Crippen LogP contribution < -0.4 is 15.8 Å². The van der Waals surface area contributed by atoms with Crippen LogP contribution in [-0.4, -0.2) is 23.1 Å². The van der Waals surface area contributed by atoms with E-state index in [0.717, 1.165) is 17.0 Å². The number of benzene rings is 1. The van der Waals surface area contributed by atoms with Gasteiger partial charge in [0.05, 0.1) is 11.8 Å². The second kappa shape index (κ2) is 5.56. The number of rotatable bonds is 4. The van der Waals surface area contributed by atoms with Crippen LogP contribution in [0.4, 0.5) is 11.8 Å². The summed E-state index contributed by atoms with van der Waals surface area (Å²) in [6, 6.07) is 9.62. The molecule has 0 spiro atoms. The number of hydrogen-bond acceptors (Lipinski definition) is 5. The summed E-state index contributed by atoms with van der Waals surface area (Å²) in [6.45, 7) is 4.00. The zero-order valence-electron chi connectivity index (χ0n) is 11.3. The van der Waals surface area contributed by atoms with E-state index in [2.05, 4.69) is 15.3 Å². The van der Waals surface area contributed by atoms with Crippen LogP contribution in [0.15, 0.2) is 30.3 Å². The Morgan fingerprint density at radius 2 is 1.84 bits per heavy atom. The fourth-order valence-electron chi connectivity index (χ4n) is 1.72. The molecule has 0 saturated carbocycles. The van der Waals surface area contributed by atoms with Crippen LogP contribution in [0, 0.1) is 0 Å². The van der Waals surface area contributed by atoms with Gasteiger partial charge in [-0.3, -0.25) is 0 Å². The number of nitrogens with two attached hydrogens (primary N) is 1. The lowest BCUT2D eigenvalue weighted by Crippen LogP contribution is -2.05. The molecule has 2 rings (SSSR count). The normalized spacial score (nSPS) is 10.5. The number of nitrogens with zero attached hydrogens (tertiary/aromatic N) is 2. The SMILES string of the molecule is CNc1cc(-c2ccc(OC(C)C)cc2)nc(N)n1. The first kappa shape index (κ1) is 13.1. The van der Waals surface area contributed by atoms with Gasteiger partial charge in [-0.15, -0.1) is 0 Å². The molecule has 5 nitrogen and oxygen atoms in total. The smallest absolute Gasteiger partial charge is 0.222 e. The van der Waals surface area contributed by atoms with Gasteiger partial charge in [-0.05, 0) is 38.1 Å². The molecule has 0 aliphatic rings. The number of hydrogen-bond donors (Lipinski definition) is 2. The Morgan fingerprint density at radius 3 is 2.42 bits per heavy atom. The largest absolute Gasteiger partial charge is 0.491 e. The highest BCUT2D eigenvalue weighted by molar-refractivity contribution is 5.64. The van der Waals surface area contributed by atoms with Crippen LogP contribution in [0.1, 0.15) is 13.8 Å². The van der Waals surface area contributed by atoms with E-state index in [9.17, 15) is 0 Å². The summed E-state index contributed by atoms with van der Waals surface area (Å²) in [5.41, 5.74) is 7.44. The van der Waals surface area contributed by atoms with E-state index in [-0.39, 0.29) is 12.1 Å². The van der Waals surface area contributed by atoms with E-state index in [0.29, 0.717) is 5.82 Å². The van der Waals surface area contributed by atoms with Crippen LogP contribution in [0.3, 0.4) is 0 Å². The lowest BCUT2D eigenvalue weighted by molar-refractivity contribution is 0.242. The summed E-state index contributed by atoms with van der Waals surface area (Å²) in [5.74, 6) is 1.80. The van der Waals surface area contributed by atoms with Gasteiger partial charge in [0.15, 0.2) is 0 Å². The number of nitrogens with one attached hydrogen (secondary N) is 1. The molecular weight excluding hydrogens is 240 g/mol. The van der Waals surface area contributed by atoms with Gasteiger partial charge in [0.2, 0.25) is 5.95 Å². The highest BCUT2D eigenvalue weighted by Crippen LogP contribution is 2.23. The second-order valence-corrected chi connectivity index (χ2v) is 4.44. The molecule has 0 aliphatic heterocycles. The van der Waals surface area contributed by atoms with Crippen molar-refractivity contribution in [2.75, 3.05) is 18.1 Å². The minimum Gasteiger partial charge on any atom is -0.491 e. The molecule has 1 aromatic heterocycles. The van der Waals surface area contributed by atoms with Crippen LogP contribution in [0.5, 0.6) is 5.75 Å². The van der Waals surface area contributed by atoms with Crippen molar-refractivity contribution in [2.45, 2.75) is 20.0 Å². The van der Waals surface area contributed by atoms with E-state index in [1.54, 1.807) is 7.05 Å². The first-order chi connectivity index (χ1) is 9.08. The average Bonchev–Trinajstić information content (AvgIpc) is 2.38. The predicted octanol–water partition coefficient (Wildman–Crippen LogP) is 2.55. The molecule has 1 heterocycles. The summed E-state index contributed by atoms with van der Waals surface area (Å²) >= 11 is 0. The Hall–Kier alpha value is -2.30. The van der Waals surface area contributed by atoms with E-state index in [1.807, 2.05) is 44.2 Å². The maximum Gasteiger partial charge on any atom is 0.222 e. The van der Waals surface area contributed by atoms with Crippen molar-refractivity contribution >= 4 is 11.8 Å². The minimum atomic E-state index is 0.163. The second-order valence-electron chi connectivity index (χ2n) is 4.44. The van der Waals surface area contributed by atoms with Crippen molar-refractivity contribution in [3.05, 3.63) is 30.3 Å². The summed E-state index contributed by atoms with van der Waals surface area (Å²) in [7, 11) is 1.80. The fourth-order valence-corrected chi connectivity index (χ4v) is 1.72. The first-order valence-corrected chi connectivity index (χ1v) is 6.18. The maximum absolute atomic E-state index is 5.68. The van der Waals surface area contributed by atoms with Gasteiger partial charge in [-0.2, -0.15) is 4.98 Å². The standard InChI is InChI=1S/C14H18N4O/c1-9(2)19-11-6-4-10(5-7-11)12-8-13(16-3)18-14(15)17-12/h4-9H,1-3H3,(H3,15,16,17,18). The van der Waals surface area contributed by atoms with Gasteiger partial charge in [-0.25, -0.2) is 4.98 Å². The third-order valence-corrected chi connectivity index (χ3v) is 2.52. The van der Waals surface area contributed by atoms with Crippen molar-refractivity contribution in [1.82, 2.24) is 9.97 Å². The van der Waals surface area contributed by atoms with Gasteiger partial charge in [0, 0.05) is 18.7 Å². The molecule has 0 unspecified atom stereocenters. The minimum absolute atomic E-state index is 0.163. The van der Waals surface area contributed by atoms with Crippen molar-refractivity contribution in [2.24, 2.45) is 0 Å². The Kier molecular flexibility index (Phi) is 3.85. The molecule has 0 saturated heterocycles. The lowest BCUT2D eigenvalue weighted by atomic mass is 10.1. The molecule has 0 amide bonds. The van der Waals surface area contributed by atoms with E-state index in [1.165, 1.54) is 0 Å². The van der Waals surface area contributed by atoms with E-state index < -0.39 is 0 Å². The topological polar surface area (TPSA) is 73.1 Å². The number of aromatic nitrogens is 2. The molecule has 3 N–H and O–H groups in total. The third-order valence-electron chi connectivity index (χ3n) is 2.52. The van der Waals surface area contributed by atoms with Gasteiger partial charge in [0.25, 0.3) is 0 Å². The van der Waals surface area contributed by atoms with Crippen molar-refractivity contribution in [3.8, 4) is 17.0 Å². The van der Waals surface area contributed by atoms with Gasteiger partial charge in [0.1, 0.15) is 11.6 Å². The Balaban J connectivity index is 2.29. The molecule has 2 aromatic rings. The van der Waals surface area contributed by atoms with Crippen LogP contribution in [0.2, 0.25) is 0 Å². The zero-order valence-corrected chi connectivity index (χ0v) is 11.3. The highest BCUT2D eigenvalue weighted by Gasteiger charge is 2.05. The molecule has 5 heteroatoms. The number of nitrogen functional groups attached to an aromatic ring is 1. The summed E-state index contributed by atoms with van der Waals surface area (Å²) in [4.78, 5) is 8.29. The quantitative estimate of drug-likeness (QED) is 0.881. The van der Waals surface area contributed by atoms with Gasteiger partial charge in [-0.1, -0.05) is 0 Å². The van der Waals surface area contributed by atoms with E-state index in [4.69, 9.17) is 10.5 Å². The van der Waals surface area contributed by atoms with Gasteiger partial charge >= 0.3 is 0 Å². The Bertz CT molecular complexity index is 552. The third kappa shape index (κ3) is 3.34. The zero-order chi connectivity index (χ0) is 13.8. The molecular formula is C14H18N4O. The van der Waals surface area contributed by atoms with Crippen molar-refractivity contribution in [3.63, 3.8) is 0 Å².